The maximum Gasteiger partial charge on any atom is 0.260 e. The van der Waals surface area contributed by atoms with E-state index in [1.807, 2.05) is 13.8 Å². The largest absolute Gasteiger partial charge is 0.481 e. The third kappa shape index (κ3) is 4.64. The summed E-state index contributed by atoms with van der Waals surface area (Å²) in [5.74, 6) is -0.285. The number of rotatable bonds is 5. The maximum atomic E-state index is 13.1. The molecule has 1 N–H and O–H groups in total. The third-order valence-electron chi connectivity index (χ3n) is 2.52. The summed E-state index contributed by atoms with van der Waals surface area (Å²) >= 11 is 3.17. The number of amides is 1. The molecule has 0 aliphatic carbocycles. The lowest BCUT2D eigenvalue weighted by molar-refractivity contribution is -0.127. The molecular formula is C13H17BrFNO2. The SMILES string of the molecule is CCC(C)NC(=O)C(C)Oc1cc(F)cc(Br)c1. The molecule has 0 aromatic heterocycles. The maximum absolute atomic E-state index is 13.1. The number of halogens is 2. The average Bonchev–Trinajstić information content (AvgIpc) is 2.27. The lowest BCUT2D eigenvalue weighted by Gasteiger charge is -2.17. The van der Waals surface area contributed by atoms with Gasteiger partial charge in [0.2, 0.25) is 0 Å². The van der Waals surface area contributed by atoms with E-state index in [1.54, 1.807) is 13.0 Å². The van der Waals surface area contributed by atoms with Crippen LogP contribution in [0.25, 0.3) is 0 Å². The van der Waals surface area contributed by atoms with Gasteiger partial charge in [-0.25, -0.2) is 4.39 Å². The first kappa shape index (κ1) is 15.0. The van der Waals surface area contributed by atoms with Gasteiger partial charge >= 0.3 is 0 Å². The number of hydrogen-bond donors (Lipinski definition) is 1. The van der Waals surface area contributed by atoms with Crippen molar-refractivity contribution < 1.29 is 13.9 Å². The van der Waals surface area contributed by atoms with Gasteiger partial charge in [0.05, 0.1) is 0 Å². The van der Waals surface area contributed by atoms with Crippen LogP contribution in [0.1, 0.15) is 27.2 Å². The Bertz CT molecular complexity index is 405. The van der Waals surface area contributed by atoms with Crippen molar-refractivity contribution in [2.45, 2.75) is 39.3 Å². The lowest BCUT2D eigenvalue weighted by Crippen LogP contribution is -2.40. The predicted octanol–water partition coefficient (Wildman–Crippen LogP) is 3.27. The van der Waals surface area contributed by atoms with Crippen molar-refractivity contribution in [3.8, 4) is 5.75 Å². The molecule has 5 heteroatoms. The molecule has 2 unspecified atom stereocenters. The highest BCUT2D eigenvalue weighted by atomic mass is 79.9. The highest BCUT2D eigenvalue weighted by molar-refractivity contribution is 9.10. The molecule has 0 saturated carbocycles. The lowest BCUT2D eigenvalue weighted by atomic mass is 10.2. The summed E-state index contributed by atoms with van der Waals surface area (Å²) in [6.07, 6.45) is 0.192. The second-order valence-electron chi connectivity index (χ2n) is 4.18. The van der Waals surface area contributed by atoms with E-state index >= 15 is 0 Å². The van der Waals surface area contributed by atoms with Gasteiger partial charge in [-0.05, 0) is 32.4 Å². The standard InChI is InChI=1S/C13H17BrFNO2/c1-4-8(2)16-13(17)9(3)18-12-6-10(14)5-11(15)7-12/h5-9H,4H2,1-3H3,(H,16,17). The first-order valence-corrected chi connectivity index (χ1v) is 6.64. The molecule has 0 saturated heterocycles. The fraction of sp³-hybridized carbons (Fsp3) is 0.462. The summed E-state index contributed by atoms with van der Waals surface area (Å²) in [6, 6.07) is 4.30. The van der Waals surface area contributed by atoms with Crippen molar-refractivity contribution in [1.29, 1.82) is 0 Å². The molecule has 0 spiro atoms. The molecule has 18 heavy (non-hydrogen) atoms. The summed E-state index contributed by atoms with van der Waals surface area (Å²) in [6.45, 7) is 5.54. The van der Waals surface area contributed by atoms with E-state index < -0.39 is 11.9 Å². The van der Waals surface area contributed by atoms with Crippen LogP contribution in [0.3, 0.4) is 0 Å². The number of carbonyl (C=O) groups is 1. The Morgan fingerprint density at radius 3 is 2.67 bits per heavy atom. The molecule has 100 valence electrons. The van der Waals surface area contributed by atoms with Gasteiger partial charge in [-0.1, -0.05) is 22.9 Å². The molecule has 0 heterocycles. The van der Waals surface area contributed by atoms with Crippen LogP contribution in [0.2, 0.25) is 0 Å². The Morgan fingerprint density at radius 1 is 1.44 bits per heavy atom. The van der Waals surface area contributed by atoms with E-state index in [9.17, 15) is 9.18 Å². The highest BCUT2D eigenvalue weighted by Crippen LogP contribution is 2.21. The Balaban J connectivity index is 2.63. The first-order valence-electron chi connectivity index (χ1n) is 5.85. The van der Waals surface area contributed by atoms with E-state index in [4.69, 9.17) is 4.74 Å². The number of ether oxygens (including phenoxy) is 1. The van der Waals surface area contributed by atoms with E-state index in [0.29, 0.717) is 10.2 Å². The minimum absolute atomic E-state index is 0.0998. The first-order chi connectivity index (χ1) is 8.42. The van der Waals surface area contributed by atoms with Gasteiger partial charge in [0.15, 0.2) is 6.10 Å². The Kier molecular flexibility index (Phi) is 5.59. The Labute approximate surface area is 115 Å². The molecule has 0 radical (unpaired) electrons. The molecule has 1 amide bonds. The van der Waals surface area contributed by atoms with Crippen LogP contribution < -0.4 is 10.1 Å². The topological polar surface area (TPSA) is 38.3 Å². The third-order valence-corrected chi connectivity index (χ3v) is 2.98. The normalized spacial score (nSPS) is 13.8. The van der Waals surface area contributed by atoms with Gasteiger partial charge in [0.25, 0.3) is 5.91 Å². The fourth-order valence-electron chi connectivity index (χ4n) is 1.32. The van der Waals surface area contributed by atoms with Crippen LogP contribution in [0.15, 0.2) is 22.7 Å². The highest BCUT2D eigenvalue weighted by Gasteiger charge is 2.16. The smallest absolute Gasteiger partial charge is 0.260 e. The van der Waals surface area contributed by atoms with Gasteiger partial charge in [0.1, 0.15) is 11.6 Å². The molecule has 0 aliphatic rings. The van der Waals surface area contributed by atoms with Crippen molar-refractivity contribution >= 4 is 21.8 Å². The van der Waals surface area contributed by atoms with Crippen LogP contribution >= 0.6 is 15.9 Å². The zero-order chi connectivity index (χ0) is 13.7. The van der Waals surface area contributed by atoms with Crippen LogP contribution in [-0.4, -0.2) is 18.1 Å². The van der Waals surface area contributed by atoms with Crippen LogP contribution in [-0.2, 0) is 4.79 Å². The summed E-state index contributed by atoms with van der Waals surface area (Å²) in [7, 11) is 0. The van der Waals surface area contributed by atoms with Crippen molar-refractivity contribution in [1.82, 2.24) is 5.32 Å². The molecule has 0 fully saturated rings. The number of carbonyl (C=O) groups excluding carboxylic acids is 1. The van der Waals surface area contributed by atoms with Crippen molar-refractivity contribution in [2.24, 2.45) is 0 Å². The summed E-state index contributed by atoms with van der Waals surface area (Å²) in [5.41, 5.74) is 0. The van der Waals surface area contributed by atoms with Gasteiger partial charge in [0, 0.05) is 16.6 Å². The molecule has 2 atom stereocenters. The molecular weight excluding hydrogens is 301 g/mol. The molecule has 1 aromatic rings. The van der Waals surface area contributed by atoms with Crippen molar-refractivity contribution in [3.05, 3.63) is 28.5 Å². The van der Waals surface area contributed by atoms with Gasteiger partial charge in [-0.3, -0.25) is 4.79 Å². The number of benzene rings is 1. The van der Waals surface area contributed by atoms with E-state index in [0.717, 1.165) is 6.42 Å². The minimum Gasteiger partial charge on any atom is -0.481 e. The monoisotopic (exact) mass is 317 g/mol. The summed E-state index contributed by atoms with van der Waals surface area (Å²) in [5, 5.41) is 2.81. The average molecular weight is 318 g/mol. The summed E-state index contributed by atoms with van der Waals surface area (Å²) in [4.78, 5) is 11.7. The summed E-state index contributed by atoms with van der Waals surface area (Å²) < 4.78 is 19.1. The number of hydrogen-bond acceptors (Lipinski definition) is 2. The number of nitrogens with one attached hydrogen (secondary N) is 1. The van der Waals surface area contributed by atoms with Crippen LogP contribution in [0.5, 0.6) is 5.75 Å². The Hall–Kier alpha value is -1.10. The second kappa shape index (κ2) is 6.73. The molecule has 1 aromatic carbocycles. The second-order valence-corrected chi connectivity index (χ2v) is 5.10. The van der Waals surface area contributed by atoms with Crippen LogP contribution in [0.4, 0.5) is 4.39 Å². The van der Waals surface area contributed by atoms with E-state index in [-0.39, 0.29) is 11.9 Å². The van der Waals surface area contributed by atoms with E-state index in [2.05, 4.69) is 21.2 Å². The quantitative estimate of drug-likeness (QED) is 0.905. The van der Waals surface area contributed by atoms with Crippen molar-refractivity contribution in [2.75, 3.05) is 0 Å². The predicted molar refractivity (Wildman–Crippen MR) is 72.1 cm³/mol. The van der Waals surface area contributed by atoms with Gasteiger partial charge in [-0.2, -0.15) is 0 Å². The fourth-order valence-corrected chi connectivity index (χ4v) is 1.76. The zero-order valence-electron chi connectivity index (χ0n) is 10.7. The zero-order valence-corrected chi connectivity index (χ0v) is 12.3. The molecule has 1 rings (SSSR count). The molecule has 3 nitrogen and oxygen atoms in total. The van der Waals surface area contributed by atoms with E-state index in [1.165, 1.54) is 12.1 Å². The van der Waals surface area contributed by atoms with Crippen molar-refractivity contribution in [3.63, 3.8) is 0 Å². The minimum atomic E-state index is -0.660. The van der Waals surface area contributed by atoms with Crippen LogP contribution in [0, 0.1) is 5.82 Å². The molecule has 0 aliphatic heterocycles. The Morgan fingerprint density at radius 2 is 2.11 bits per heavy atom. The molecule has 0 bridgehead atoms. The van der Waals surface area contributed by atoms with Gasteiger partial charge < -0.3 is 10.1 Å². The van der Waals surface area contributed by atoms with Gasteiger partial charge in [-0.15, -0.1) is 0 Å².